The standard InChI is InChI=1S/C21H31N3O2/c1-13-11-14(2)24-21(26)19(13)12-23-20(25)18-6-4-5-17(15(18)3)16-7-9-22-10-8-16/h4-6,13-14,16,19,22H,7-12H2,1-3H3,(H,23,25)(H,24,26). The lowest BCUT2D eigenvalue weighted by Crippen LogP contribution is -2.50. The second-order valence-electron chi connectivity index (χ2n) is 7.98. The van der Waals surface area contributed by atoms with E-state index in [2.05, 4.69) is 28.9 Å². The van der Waals surface area contributed by atoms with Crippen LogP contribution in [0, 0.1) is 18.8 Å². The van der Waals surface area contributed by atoms with E-state index in [1.165, 1.54) is 5.56 Å². The van der Waals surface area contributed by atoms with Crippen LogP contribution in [0.2, 0.25) is 0 Å². The van der Waals surface area contributed by atoms with Crippen LogP contribution in [0.15, 0.2) is 18.2 Å². The van der Waals surface area contributed by atoms with Gasteiger partial charge in [0.1, 0.15) is 0 Å². The van der Waals surface area contributed by atoms with Crippen LogP contribution in [-0.2, 0) is 4.79 Å². The van der Waals surface area contributed by atoms with Crippen molar-refractivity contribution in [2.75, 3.05) is 19.6 Å². The van der Waals surface area contributed by atoms with Gasteiger partial charge in [-0.05, 0) is 75.2 Å². The number of carbonyl (C=O) groups is 2. The fraction of sp³-hybridized carbons (Fsp3) is 0.619. The summed E-state index contributed by atoms with van der Waals surface area (Å²) >= 11 is 0. The highest BCUT2D eigenvalue weighted by atomic mass is 16.2. The van der Waals surface area contributed by atoms with Crippen molar-refractivity contribution in [1.29, 1.82) is 0 Å². The van der Waals surface area contributed by atoms with E-state index in [0.717, 1.165) is 43.5 Å². The van der Waals surface area contributed by atoms with Crippen molar-refractivity contribution in [3.8, 4) is 0 Å². The summed E-state index contributed by atoms with van der Waals surface area (Å²) in [5.74, 6) is 0.632. The third-order valence-electron chi connectivity index (χ3n) is 6.02. The number of nitrogens with one attached hydrogen (secondary N) is 3. The molecule has 2 amide bonds. The summed E-state index contributed by atoms with van der Waals surface area (Å²) in [4.78, 5) is 25.0. The Kier molecular flexibility index (Phi) is 5.97. The fourth-order valence-corrected chi connectivity index (χ4v) is 4.46. The molecule has 2 heterocycles. The van der Waals surface area contributed by atoms with Gasteiger partial charge >= 0.3 is 0 Å². The van der Waals surface area contributed by atoms with Gasteiger partial charge in [0.25, 0.3) is 5.91 Å². The summed E-state index contributed by atoms with van der Waals surface area (Å²) < 4.78 is 0. The molecular weight excluding hydrogens is 326 g/mol. The molecule has 2 fully saturated rings. The van der Waals surface area contributed by atoms with Crippen molar-refractivity contribution >= 4 is 11.8 Å². The molecule has 0 aromatic heterocycles. The Morgan fingerprint density at radius 1 is 1.23 bits per heavy atom. The van der Waals surface area contributed by atoms with E-state index in [1.807, 2.05) is 26.0 Å². The second kappa shape index (κ2) is 8.21. The fourth-order valence-electron chi connectivity index (χ4n) is 4.46. The van der Waals surface area contributed by atoms with E-state index in [0.29, 0.717) is 12.5 Å². The molecule has 0 spiro atoms. The van der Waals surface area contributed by atoms with E-state index >= 15 is 0 Å². The average Bonchev–Trinajstić information content (AvgIpc) is 2.61. The lowest BCUT2D eigenvalue weighted by atomic mass is 9.84. The first-order valence-electron chi connectivity index (χ1n) is 9.86. The molecule has 0 aliphatic carbocycles. The number of hydrogen-bond acceptors (Lipinski definition) is 3. The minimum Gasteiger partial charge on any atom is -0.353 e. The zero-order valence-corrected chi connectivity index (χ0v) is 16.1. The number of carbonyl (C=O) groups excluding carboxylic acids is 2. The highest BCUT2D eigenvalue weighted by Gasteiger charge is 2.32. The lowest BCUT2D eigenvalue weighted by molar-refractivity contribution is -0.129. The Morgan fingerprint density at radius 3 is 2.65 bits per heavy atom. The molecule has 3 rings (SSSR count). The Balaban J connectivity index is 1.67. The smallest absolute Gasteiger partial charge is 0.251 e. The first-order chi connectivity index (χ1) is 12.5. The summed E-state index contributed by atoms with van der Waals surface area (Å²) in [6.07, 6.45) is 3.18. The Hall–Kier alpha value is -1.88. The van der Waals surface area contributed by atoms with Gasteiger partial charge in [-0.2, -0.15) is 0 Å². The molecule has 2 saturated heterocycles. The molecule has 3 unspecified atom stereocenters. The van der Waals surface area contributed by atoms with Crippen molar-refractivity contribution in [2.45, 2.75) is 52.0 Å². The van der Waals surface area contributed by atoms with E-state index in [-0.39, 0.29) is 29.7 Å². The molecule has 142 valence electrons. The number of hydrogen-bond donors (Lipinski definition) is 3. The maximum Gasteiger partial charge on any atom is 0.251 e. The van der Waals surface area contributed by atoms with E-state index in [4.69, 9.17) is 0 Å². The number of benzene rings is 1. The minimum absolute atomic E-state index is 0.0525. The van der Waals surface area contributed by atoms with E-state index < -0.39 is 0 Å². The van der Waals surface area contributed by atoms with Gasteiger partial charge in [-0.1, -0.05) is 19.1 Å². The molecule has 1 aromatic rings. The quantitative estimate of drug-likeness (QED) is 0.775. The average molecular weight is 357 g/mol. The van der Waals surface area contributed by atoms with Crippen molar-refractivity contribution in [3.63, 3.8) is 0 Å². The predicted octanol–water partition coefficient (Wildman–Crippen LogP) is 2.35. The number of piperidine rings is 2. The molecule has 3 N–H and O–H groups in total. The molecule has 0 bridgehead atoms. The van der Waals surface area contributed by atoms with Crippen molar-refractivity contribution in [1.82, 2.24) is 16.0 Å². The molecule has 0 saturated carbocycles. The van der Waals surface area contributed by atoms with Crippen LogP contribution in [0.3, 0.4) is 0 Å². The monoisotopic (exact) mass is 357 g/mol. The van der Waals surface area contributed by atoms with Crippen LogP contribution in [-0.4, -0.2) is 37.5 Å². The summed E-state index contributed by atoms with van der Waals surface area (Å²) in [5, 5.41) is 9.39. The molecule has 3 atom stereocenters. The minimum atomic E-state index is -0.150. The number of amides is 2. The van der Waals surface area contributed by atoms with Crippen molar-refractivity contribution in [2.24, 2.45) is 11.8 Å². The summed E-state index contributed by atoms with van der Waals surface area (Å²) in [5.41, 5.74) is 3.10. The van der Waals surface area contributed by atoms with Crippen LogP contribution < -0.4 is 16.0 Å². The van der Waals surface area contributed by atoms with Crippen molar-refractivity contribution in [3.05, 3.63) is 34.9 Å². The number of rotatable bonds is 4. The van der Waals surface area contributed by atoms with E-state index in [1.54, 1.807) is 0 Å². The molecule has 5 nitrogen and oxygen atoms in total. The topological polar surface area (TPSA) is 70.2 Å². The molecule has 0 radical (unpaired) electrons. The van der Waals surface area contributed by atoms with Crippen LogP contribution in [0.5, 0.6) is 0 Å². The van der Waals surface area contributed by atoms with Gasteiger partial charge in [-0.15, -0.1) is 0 Å². The third-order valence-corrected chi connectivity index (χ3v) is 6.02. The lowest BCUT2D eigenvalue weighted by Gasteiger charge is -2.32. The molecule has 1 aromatic carbocycles. The van der Waals surface area contributed by atoms with Gasteiger partial charge in [0.2, 0.25) is 5.91 Å². The Bertz CT molecular complexity index is 667. The van der Waals surface area contributed by atoms with Gasteiger partial charge in [0.05, 0.1) is 5.92 Å². The van der Waals surface area contributed by atoms with E-state index in [9.17, 15) is 9.59 Å². The van der Waals surface area contributed by atoms with Gasteiger partial charge in [0, 0.05) is 18.2 Å². The highest BCUT2D eigenvalue weighted by molar-refractivity contribution is 5.96. The third kappa shape index (κ3) is 4.09. The van der Waals surface area contributed by atoms with Crippen LogP contribution in [0.1, 0.15) is 60.5 Å². The zero-order chi connectivity index (χ0) is 18.7. The normalized spacial score (nSPS) is 27.0. The molecule has 5 heteroatoms. The van der Waals surface area contributed by atoms with Crippen LogP contribution >= 0.6 is 0 Å². The first-order valence-corrected chi connectivity index (χ1v) is 9.86. The van der Waals surface area contributed by atoms with Gasteiger partial charge in [-0.3, -0.25) is 9.59 Å². The second-order valence-corrected chi connectivity index (χ2v) is 7.98. The molecular formula is C21H31N3O2. The van der Waals surface area contributed by atoms with Gasteiger partial charge in [0.15, 0.2) is 0 Å². The van der Waals surface area contributed by atoms with Gasteiger partial charge < -0.3 is 16.0 Å². The Labute approximate surface area is 156 Å². The van der Waals surface area contributed by atoms with Gasteiger partial charge in [-0.25, -0.2) is 0 Å². The summed E-state index contributed by atoms with van der Waals surface area (Å²) in [6.45, 7) is 8.63. The van der Waals surface area contributed by atoms with Crippen molar-refractivity contribution < 1.29 is 9.59 Å². The first kappa shape index (κ1) is 18.9. The maximum atomic E-state index is 12.8. The maximum absolute atomic E-state index is 12.8. The molecule has 2 aliphatic rings. The van der Waals surface area contributed by atoms with Crippen LogP contribution in [0.4, 0.5) is 0 Å². The Morgan fingerprint density at radius 2 is 1.96 bits per heavy atom. The molecule has 2 aliphatic heterocycles. The highest BCUT2D eigenvalue weighted by Crippen LogP contribution is 2.29. The summed E-state index contributed by atoms with van der Waals surface area (Å²) in [7, 11) is 0. The van der Waals surface area contributed by atoms with Crippen LogP contribution in [0.25, 0.3) is 0 Å². The largest absolute Gasteiger partial charge is 0.353 e. The SMILES string of the molecule is Cc1c(C(=O)NCC2C(=O)NC(C)CC2C)cccc1C1CCNCC1. The zero-order valence-electron chi connectivity index (χ0n) is 16.1. The summed E-state index contributed by atoms with van der Waals surface area (Å²) in [6, 6.07) is 6.24. The predicted molar refractivity (Wildman–Crippen MR) is 103 cm³/mol. The molecule has 26 heavy (non-hydrogen) atoms.